The number of hydrogen-bond donors (Lipinski definition) is 3. The van der Waals surface area contributed by atoms with Gasteiger partial charge in [-0.1, -0.05) is 43.9 Å². The summed E-state index contributed by atoms with van der Waals surface area (Å²) in [5, 5.41) is 18.4. The predicted octanol–water partition coefficient (Wildman–Crippen LogP) is 4.60. The summed E-state index contributed by atoms with van der Waals surface area (Å²) in [5.41, 5.74) is 3.33. The molecule has 0 spiro atoms. The second-order valence-corrected chi connectivity index (χ2v) is 8.69. The quantitative estimate of drug-likeness (QED) is 0.284. The standard InChI is InChI=1S/C27H38N4O3/c1-21-19-26(32)27(33)25(31(21)17-18-34-2)20-28-14-9-5-3-4-6-10-15-29-24-13-16-30-23-12-8-7-11-22(23)24/h7-8,11-13,16,19,28,33H,3-6,9-10,14-15,17-18,20H2,1-2H3,(H,29,30). The van der Waals surface area contributed by atoms with Crippen LogP contribution in [0.25, 0.3) is 10.9 Å². The summed E-state index contributed by atoms with van der Waals surface area (Å²) in [6, 6.07) is 11.7. The molecule has 0 aliphatic heterocycles. The highest BCUT2D eigenvalue weighted by molar-refractivity contribution is 5.90. The molecule has 2 heterocycles. The molecule has 0 aliphatic rings. The number of hydrogen-bond acceptors (Lipinski definition) is 6. The molecule has 0 radical (unpaired) electrons. The number of anilines is 1. The Morgan fingerprint density at radius 2 is 1.76 bits per heavy atom. The lowest BCUT2D eigenvalue weighted by atomic mass is 10.1. The van der Waals surface area contributed by atoms with Crippen LogP contribution in [0.5, 0.6) is 5.75 Å². The highest BCUT2D eigenvalue weighted by atomic mass is 16.5. The Kier molecular flexibility index (Phi) is 10.4. The molecule has 7 nitrogen and oxygen atoms in total. The summed E-state index contributed by atoms with van der Waals surface area (Å²) < 4.78 is 7.12. The van der Waals surface area contributed by atoms with Crippen molar-refractivity contribution >= 4 is 16.6 Å². The Labute approximate surface area is 202 Å². The van der Waals surface area contributed by atoms with Gasteiger partial charge in [-0.3, -0.25) is 9.78 Å². The van der Waals surface area contributed by atoms with Crippen LogP contribution in [0.3, 0.4) is 0 Å². The lowest BCUT2D eigenvalue weighted by molar-refractivity contribution is 0.185. The summed E-state index contributed by atoms with van der Waals surface area (Å²) in [4.78, 5) is 16.4. The third-order valence-electron chi connectivity index (χ3n) is 6.15. The fraction of sp³-hybridized carbons (Fsp3) is 0.481. The van der Waals surface area contributed by atoms with E-state index in [1.54, 1.807) is 7.11 Å². The Balaban J connectivity index is 1.28. The average Bonchev–Trinajstić information content (AvgIpc) is 2.85. The van der Waals surface area contributed by atoms with Gasteiger partial charge in [0.05, 0.1) is 17.8 Å². The molecule has 0 unspecified atom stereocenters. The number of ether oxygens (including phenoxy) is 1. The van der Waals surface area contributed by atoms with Crippen molar-refractivity contribution in [1.29, 1.82) is 0 Å². The number of nitrogens with zero attached hydrogens (tertiary/aromatic N) is 2. The van der Waals surface area contributed by atoms with Crippen LogP contribution in [0.1, 0.15) is 49.9 Å². The second-order valence-electron chi connectivity index (χ2n) is 8.69. The molecule has 0 saturated heterocycles. The van der Waals surface area contributed by atoms with Gasteiger partial charge in [0.1, 0.15) is 0 Å². The number of rotatable bonds is 15. The maximum atomic E-state index is 12.0. The minimum atomic E-state index is -0.324. The van der Waals surface area contributed by atoms with Crippen molar-refractivity contribution in [2.45, 2.75) is 58.5 Å². The van der Waals surface area contributed by atoms with Crippen molar-refractivity contribution in [1.82, 2.24) is 14.9 Å². The smallest absolute Gasteiger partial charge is 0.223 e. The van der Waals surface area contributed by atoms with Gasteiger partial charge in [0.2, 0.25) is 5.43 Å². The van der Waals surface area contributed by atoms with E-state index in [2.05, 4.69) is 21.7 Å². The van der Waals surface area contributed by atoms with Crippen LogP contribution in [0.15, 0.2) is 47.4 Å². The summed E-state index contributed by atoms with van der Waals surface area (Å²) in [6.07, 6.45) is 8.93. The molecule has 3 aromatic rings. The maximum absolute atomic E-state index is 12.0. The van der Waals surface area contributed by atoms with E-state index >= 15 is 0 Å². The van der Waals surface area contributed by atoms with Crippen molar-refractivity contribution in [3.8, 4) is 5.75 Å². The second kappa shape index (κ2) is 13.7. The molecule has 0 saturated carbocycles. The van der Waals surface area contributed by atoms with Crippen LogP contribution < -0.4 is 16.1 Å². The number of aromatic nitrogens is 2. The number of nitrogens with one attached hydrogen (secondary N) is 2. The first kappa shape index (κ1) is 25.7. The van der Waals surface area contributed by atoms with Crippen LogP contribution in [0, 0.1) is 6.92 Å². The first-order valence-corrected chi connectivity index (χ1v) is 12.3. The number of benzene rings is 1. The molecule has 3 rings (SSSR count). The van der Waals surface area contributed by atoms with E-state index < -0.39 is 0 Å². The molecular weight excluding hydrogens is 428 g/mol. The van der Waals surface area contributed by atoms with Gasteiger partial charge in [-0.15, -0.1) is 0 Å². The third-order valence-corrected chi connectivity index (χ3v) is 6.15. The number of fused-ring (bicyclic) bond motifs is 1. The monoisotopic (exact) mass is 466 g/mol. The summed E-state index contributed by atoms with van der Waals surface area (Å²) in [6.45, 7) is 5.34. The number of aryl methyl sites for hydroxylation is 1. The van der Waals surface area contributed by atoms with Crippen LogP contribution in [-0.4, -0.2) is 41.5 Å². The van der Waals surface area contributed by atoms with Gasteiger partial charge >= 0.3 is 0 Å². The maximum Gasteiger partial charge on any atom is 0.223 e. The summed E-state index contributed by atoms with van der Waals surface area (Å²) in [5.74, 6) is -0.164. The highest BCUT2D eigenvalue weighted by Gasteiger charge is 2.12. The minimum Gasteiger partial charge on any atom is -0.503 e. The molecule has 34 heavy (non-hydrogen) atoms. The Morgan fingerprint density at radius 3 is 2.56 bits per heavy atom. The van der Waals surface area contributed by atoms with E-state index in [0.29, 0.717) is 25.4 Å². The normalized spacial score (nSPS) is 11.2. The largest absolute Gasteiger partial charge is 0.503 e. The van der Waals surface area contributed by atoms with Gasteiger partial charge in [-0.05, 0) is 38.4 Å². The minimum absolute atomic E-state index is 0.164. The summed E-state index contributed by atoms with van der Waals surface area (Å²) >= 11 is 0. The molecule has 0 aliphatic carbocycles. The zero-order valence-electron chi connectivity index (χ0n) is 20.5. The molecular formula is C27H38N4O3. The topological polar surface area (TPSA) is 88.4 Å². The van der Waals surface area contributed by atoms with Gasteiger partial charge in [0.15, 0.2) is 5.75 Å². The van der Waals surface area contributed by atoms with Crippen molar-refractivity contribution in [3.63, 3.8) is 0 Å². The van der Waals surface area contributed by atoms with E-state index in [1.165, 1.54) is 37.1 Å². The number of aromatic hydroxyl groups is 1. The fourth-order valence-corrected chi connectivity index (χ4v) is 4.25. The first-order valence-electron chi connectivity index (χ1n) is 12.3. The van der Waals surface area contributed by atoms with Crippen LogP contribution in [0.4, 0.5) is 5.69 Å². The van der Waals surface area contributed by atoms with Crippen LogP contribution >= 0.6 is 0 Å². The lowest BCUT2D eigenvalue weighted by Gasteiger charge is -2.18. The average molecular weight is 467 g/mol. The lowest BCUT2D eigenvalue weighted by Crippen LogP contribution is -2.24. The molecule has 0 fully saturated rings. The summed E-state index contributed by atoms with van der Waals surface area (Å²) in [7, 11) is 1.65. The van der Waals surface area contributed by atoms with Crippen molar-refractivity contribution in [2.75, 3.05) is 32.1 Å². The Bertz CT molecular complexity index is 1090. The molecule has 2 aromatic heterocycles. The van der Waals surface area contributed by atoms with Gasteiger partial charge in [0, 0.05) is 55.8 Å². The van der Waals surface area contributed by atoms with E-state index in [1.807, 2.05) is 42.0 Å². The van der Waals surface area contributed by atoms with Gasteiger partial charge in [-0.2, -0.15) is 0 Å². The molecule has 0 amide bonds. The van der Waals surface area contributed by atoms with E-state index in [0.717, 1.165) is 42.8 Å². The van der Waals surface area contributed by atoms with Crippen molar-refractivity contribution in [3.05, 3.63) is 64.2 Å². The van der Waals surface area contributed by atoms with Crippen LogP contribution in [0.2, 0.25) is 0 Å². The van der Waals surface area contributed by atoms with Crippen LogP contribution in [-0.2, 0) is 17.8 Å². The van der Waals surface area contributed by atoms with Gasteiger partial charge < -0.3 is 25.0 Å². The molecule has 1 aromatic carbocycles. The van der Waals surface area contributed by atoms with E-state index in [-0.39, 0.29) is 11.2 Å². The van der Waals surface area contributed by atoms with Crippen molar-refractivity contribution in [2.24, 2.45) is 0 Å². The molecule has 184 valence electrons. The number of methoxy groups -OCH3 is 1. The third kappa shape index (κ3) is 7.30. The molecule has 0 atom stereocenters. The Morgan fingerprint density at radius 1 is 1.03 bits per heavy atom. The predicted molar refractivity (Wildman–Crippen MR) is 139 cm³/mol. The SMILES string of the molecule is COCCn1c(C)cc(=O)c(O)c1CNCCCCCCCCNc1ccnc2ccccc12. The van der Waals surface area contributed by atoms with Crippen molar-refractivity contribution < 1.29 is 9.84 Å². The molecule has 7 heteroatoms. The van der Waals surface area contributed by atoms with E-state index in [4.69, 9.17) is 4.74 Å². The van der Waals surface area contributed by atoms with Gasteiger partial charge in [0.25, 0.3) is 0 Å². The number of pyridine rings is 2. The zero-order valence-corrected chi connectivity index (χ0v) is 20.5. The van der Waals surface area contributed by atoms with Gasteiger partial charge in [-0.25, -0.2) is 0 Å². The van der Waals surface area contributed by atoms with E-state index in [9.17, 15) is 9.90 Å². The molecule has 0 bridgehead atoms. The Hall–Kier alpha value is -2.90. The fourth-order valence-electron chi connectivity index (χ4n) is 4.25. The molecule has 3 N–H and O–H groups in total. The number of unbranched alkanes of at least 4 members (excludes halogenated alkanes) is 5. The highest BCUT2D eigenvalue weighted by Crippen LogP contribution is 2.21. The zero-order chi connectivity index (χ0) is 24.2. The first-order chi connectivity index (χ1) is 16.6. The number of para-hydroxylation sites is 1.